The van der Waals surface area contributed by atoms with Crippen molar-refractivity contribution in [2.24, 2.45) is 0 Å². The normalized spacial score (nSPS) is 10.4. The molecule has 0 unspecified atom stereocenters. The van der Waals surface area contributed by atoms with E-state index < -0.39 is 0 Å². The number of aromatic nitrogens is 3. The minimum Gasteiger partial charge on any atom is -0.322 e. The molecule has 2 heterocycles. The van der Waals surface area contributed by atoms with Gasteiger partial charge in [0.2, 0.25) is 0 Å². The predicted molar refractivity (Wildman–Crippen MR) is 102 cm³/mol. The fourth-order valence-electron chi connectivity index (χ4n) is 2.82. The first kappa shape index (κ1) is 17.2. The van der Waals surface area contributed by atoms with E-state index in [4.69, 9.17) is 5.26 Å². The monoisotopic (exact) mass is 371 g/mol. The molecule has 0 fully saturated rings. The molecule has 0 radical (unpaired) electrons. The standard InChI is InChI=1S/C21H14FN5O/c22-16-5-9-18(10-6-16)27-21(26-11-1-2-12-26)19(14-24-27)20(28)25-17-7-3-15(13-23)4-8-17/h1-12,14H,(H,25,28). The minimum atomic E-state index is -0.350. The lowest BCUT2D eigenvalue weighted by molar-refractivity contribution is 0.102. The highest BCUT2D eigenvalue weighted by molar-refractivity contribution is 6.06. The van der Waals surface area contributed by atoms with Crippen LogP contribution in [0.5, 0.6) is 0 Å². The van der Waals surface area contributed by atoms with Gasteiger partial charge in [0.1, 0.15) is 11.4 Å². The van der Waals surface area contributed by atoms with Crippen LogP contribution in [0.25, 0.3) is 11.5 Å². The third-order valence-corrected chi connectivity index (χ3v) is 4.18. The number of nitrogens with zero attached hydrogens (tertiary/aromatic N) is 4. The van der Waals surface area contributed by atoms with Gasteiger partial charge in [-0.15, -0.1) is 0 Å². The second-order valence-corrected chi connectivity index (χ2v) is 6.00. The number of hydrogen-bond donors (Lipinski definition) is 1. The SMILES string of the molecule is N#Cc1ccc(NC(=O)c2cnn(-c3ccc(F)cc3)c2-n2cccc2)cc1. The topological polar surface area (TPSA) is 75.6 Å². The smallest absolute Gasteiger partial charge is 0.261 e. The number of nitrogens with one attached hydrogen (secondary N) is 1. The molecule has 0 aliphatic rings. The van der Waals surface area contributed by atoms with Crippen molar-refractivity contribution >= 4 is 11.6 Å². The second-order valence-electron chi connectivity index (χ2n) is 6.00. The van der Waals surface area contributed by atoms with Gasteiger partial charge in [-0.2, -0.15) is 10.4 Å². The van der Waals surface area contributed by atoms with Gasteiger partial charge in [-0.1, -0.05) is 0 Å². The fraction of sp³-hybridized carbons (Fsp3) is 0. The van der Waals surface area contributed by atoms with Crippen LogP contribution in [0.4, 0.5) is 10.1 Å². The molecule has 4 aromatic rings. The molecule has 0 atom stereocenters. The van der Waals surface area contributed by atoms with Crippen LogP contribution in [0.15, 0.2) is 79.3 Å². The summed E-state index contributed by atoms with van der Waals surface area (Å²) in [6.07, 6.45) is 5.07. The van der Waals surface area contributed by atoms with E-state index in [9.17, 15) is 9.18 Å². The van der Waals surface area contributed by atoms with Gasteiger partial charge in [-0.05, 0) is 60.7 Å². The lowest BCUT2D eigenvalue weighted by Crippen LogP contribution is -2.15. The van der Waals surface area contributed by atoms with E-state index in [-0.39, 0.29) is 11.7 Å². The molecule has 0 spiro atoms. The van der Waals surface area contributed by atoms with Gasteiger partial charge < -0.3 is 9.88 Å². The Bertz CT molecular complexity index is 1150. The molecule has 0 aliphatic carbocycles. The molecule has 1 amide bonds. The Morgan fingerprint density at radius 3 is 2.36 bits per heavy atom. The molecular formula is C21H14FN5O. The number of amides is 1. The first-order chi connectivity index (χ1) is 13.7. The first-order valence-corrected chi connectivity index (χ1v) is 8.44. The van der Waals surface area contributed by atoms with Crippen molar-refractivity contribution < 1.29 is 9.18 Å². The molecule has 2 aromatic heterocycles. The zero-order chi connectivity index (χ0) is 19.5. The van der Waals surface area contributed by atoms with Crippen LogP contribution in [-0.4, -0.2) is 20.3 Å². The van der Waals surface area contributed by atoms with Gasteiger partial charge in [0.05, 0.1) is 23.5 Å². The minimum absolute atomic E-state index is 0.346. The molecule has 6 nitrogen and oxygen atoms in total. The summed E-state index contributed by atoms with van der Waals surface area (Å²) in [6, 6.07) is 18.2. The average Bonchev–Trinajstić information content (AvgIpc) is 3.38. The molecule has 0 aliphatic heterocycles. The number of rotatable bonds is 4. The number of anilines is 1. The molecule has 4 rings (SSSR count). The summed E-state index contributed by atoms with van der Waals surface area (Å²) in [7, 11) is 0. The van der Waals surface area contributed by atoms with Crippen LogP contribution in [0.2, 0.25) is 0 Å². The van der Waals surface area contributed by atoms with Crippen LogP contribution >= 0.6 is 0 Å². The molecule has 7 heteroatoms. The van der Waals surface area contributed by atoms with E-state index in [1.807, 2.05) is 18.2 Å². The van der Waals surface area contributed by atoms with Crippen molar-refractivity contribution in [2.45, 2.75) is 0 Å². The predicted octanol–water partition coefficient (Wildman–Crippen LogP) is 3.93. The molecule has 1 N–H and O–H groups in total. The van der Waals surface area contributed by atoms with Gasteiger partial charge in [0.15, 0.2) is 5.82 Å². The van der Waals surface area contributed by atoms with Crippen molar-refractivity contribution in [3.63, 3.8) is 0 Å². The van der Waals surface area contributed by atoms with E-state index in [1.165, 1.54) is 18.3 Å². The number of benzene rings is 2. The molecule has 0 saturated carbocycles. The van der Waals surface area contributed by atoms with Crippen molar-refractivity contribution in [3.05, 3.63) is 96.2 Å². The fourth-order valence-corrected chi connectivity index (χ4v) is 2.82. The Kier molecular flexibility index (Phi) is 4.44. The van der Waals surface area contributed by atoms with E-state index in [2.05, 4.69) is 10.4 Å². The van der Waals surface area contributed by atoms with Crippen LogP contribution in [-0.2, 0) is 0 Å². The summed E-state index contributed by atoms with van der Waals surface area (Å²) in [5, 5.41) is 16.0. The largest absolute Gasteiger partial charge is 0.322 e. The lowest BCUT2D eigenvalue weighted by Gasteiger charge is -2.11. The Labute approximate surface area is 160 Å². The van der Waals surface area contributed by atoms with E-state index in [1.54, 1.807) is 58.0 Å². The van der Waals surface area contributed by atoms with E-state index >= 15 is 0 Å². The van der Waals surface area contributed by atoms with Crippen molar-refractivity contribution in [1.29, 1.82) is 5.26 Å². The molecule has 0 bridgehead atoms. The van der Waals surface area contributed by atoms with Crippen molar-refractivity contribution in [1.82, 2.24) is 14.3 Å². The van der Waals surface area contributed by atoms with Crippen molar-refractivity contribution in [3.8, 4) is 17.6 Å². The van der Waals surface area contributed by atoms with Crippen LogP contribution < -0.4 is 5.32 Å². The van der Waals surface area contributed by atoms with Gasteiger partial charge in [0, 0.05) is 18.1 Å². The quantitative estimate of drug-likeness (QED) is 0.591. The summed E-state index contributed by atoms with van der Waals surface area (Å²) in [5.74, 6) is -0.165. The molecule has 0 saturated heterocycles. The summed E-state index contributed by atoms with van der Waals surface area (Å²) in [4.78, 5) is 12.9. The highest BCUT2D eigenvalue weighted by Crippen LogP contribution is 2.21. The van der Waals surface area contributed by atoms with E-state index in [0.29, 0.717) is 28.3 Å². The van der Waals surface area contributed by atoms with Crippen LogP contribution in [0.1, 0.15) is 15.9 Å². The lowest BCUT2D eigenvalue weighted by atomic mass is 10.2. The number of hydrogen-bond acceptors (Lipinski definition) is 3. The number of nitriles is 1. The third-order valence-electron chi connectivity index (χ3n) is 4.18. The Hall–Kier alpha value is -4.18. The maximum absolute atomic E-state index is 13.3. The highest BCUT2D eigenvalue weighted by atomic mass is 19.1. The maximum atomic E-state index is 13.3. The van der Waals surface area contributed by atoms with Crippen LogP contribution in [0, 0.1) is 17.1 Å². The number of carbonyl (C=O) groups excluding carboxylic acids is 1. The van der Waals surface area contributed by atoms with E-state index in [0.717, 1.165) is 0 Å². The van der Waals surface area contributed by atoms with Gasteiger partial charge in [-0.25, -0.2) is 9.07 Å². The third kappa shape index (κ3) is 3.27. The zero-order valence-electron chi connectivity index (χ0n) is 14.6. The summed E-state index contributed by atoms with van der Waals surface area (Å²) < 4.78 is 16.6. The van der Waals surface area contributed by atoms with Crippen molar-refractivity contribution in [2.75, 3.05) is 5.32 Å². The Morgan fingerprint density at radius 2 is 1.71 bits per heavy atom. The zero-order valence-corrected chi connectivity index (χ0v) is 14.6. The van der Waals surface area contributed by atoms with Crippen LogP contribution in [0.3, 0.4) is 0 Å². The Morgan fingerprint density at radius 1 is 1.04 bits per heavy atom. The average molecular weight is 371 g/mol. The molecular weight excluding hydrogens is 357 g/mol. The summed E-state index contributed by atoms with van der Waals surface area (Å²) in [5.41, 5.74) is 2.06. The molecule has 28 heavy (non-hydrogen) atoms. The van der Waals surface area contributed by atoms with Gasteiger partial charge in [0.25, 0.3) is 5.91 Å². The Balaban J connectivity index is 1.73. The van der Waals surface area contributed by atoms with Gasteiger partial charge >= 0.3 is 0 Å². The maximum Gasteiger partial charge on any atom is 0.261 e. The molecule has 2 aromatic carbocycles. The number of carbonyl (C=O) groups is 1. The summed E-state index contributed by atoms with van der Waals surface area (Å²) >= 11 is 0. The highest BCUT2D eigenvalue weighted by Gasteiger charge is 2.20. The first-order valence-electron chi connectivity index (χ1n) is 8.44. The second kappa shape index (κ2) is 7.21. The molecule has 136 valence electrons. The number of halogens is 1. The van der Waals surface area contributed by atoms with Gasteiger partial charge in [-0.3, -0.25) is 4.79 Å². The summed E-state index contributed by atoms with van der Waals surface area (Å²) in [6.45, 7) is 0.